The molecule has 0 aromatic carbocycles. The van der Waals surface area contributed by atoms with Crippen LogP contribution < -0.4 is 0 Å². The summed E-state index contributed by atoms with van der Waals surface area (Å²) in [4.78, 5) is 11.3. The second kappa shape index (κ2) is 6.22. The van der Waals surface area contributed by atoms with Gasteiger partial charge in [0.2, 0.25) is 0 Å². The van der Waals surface area contributed by atoms with Gasteiger partial charge < -0.3 is 9.26 Å². The Bertz CT molecular complexity index is 307. The third-order valence-corrected chi connectivity index (χ3v) is 1.98. The van der Waals surface area contributed by atoms with Crippen molar-refractivity contribution in [3.05, 3.63) is 17.5 Å². The van der Waals surface area contributed by atoms with E-state index in [0.29, 0.717) is 6.61 Å². The van der Waals surface area contributed by atoms with E-state index in [1.807, 2.05) is 6.92 Å². The van der Waals surface area contributed by atoms with Crippen molar-refractivity contribution in [3.8, 4) is 0 Å². The largest absolute Gasteiger partial charge is 0.461 e. The highest BCUT2D eigenvalue weighted by Gasteiger charge is 2.12. The number of carbonyl (C=O) groups is 1. The first kappa shape index (κ1) is 11.8. The lowest BCUT2D eigenvalue weighted by molar-refractivity contribution is 0.0493. The molecule has 1 rings (SSSR count). The molecule has 84 valence electrons. The summed E-state index contributed by atoms with van der Waals surface area (Å²) in [7, 11) is 0. The zero-order chi connectivity index (χ0) is 11.1. The van der Waals surface area contributed by atoms with Gasteiger partial charge in [-0.25, -0.2) is 4.79 Å². The molecule has 0 atom stereocenters. The van der Waals surface area contributed by atoms with E-state index in [4.69, 9.17) is 9.26 Å². The number of unbranched alkanes of at least 4 members (excludes halogenated alkanes) is 1. The fraction of sp³-hybridized carbons (Fsp3) is 0.636. The number of aromatic nitrogens is 1. The Morgan fingerprint density at radius 3 is 2.93 bits per heavy atom. The van der Waals surface area contributed by atoms with Crippen molar-refractivity contribution in [2.75, 3.05) is 6.61 Å². The maximum Gasteiger partial charge on any atom is 0.360 e. The van der Waals surface area contributed by atoms with Crippen LogP contribution in [0.2, 0.25) is 0 Å². The number of hydrogen-bond donors (Lipinski definition) is 0. The molecule has 1 aromatic rings. The summed E-state index contributed by atoms with van der Waals surface area (Å²) < 4.78 is 9.95. The van der Waals surface area contributed by atoms with Gasteiger partial charge in [-0.15, -0.1) is 0 Å². The summed E-state index contributed by atoms with van der Waals surface area (Å²) in [5.41, 5.74) is 0.273. The Hall–Kier alpha value is -1.32. The fourth-order valence-electron chi connectivity index (χ4n) is 1.15. The van der Waals surface area contributed by atoms with E-state index in [-0.39, 0.29) is 5.69 Å². The van der Waals surface area contributed by atoms with Crippen molar-refractivity contribution >= 4 is 5.97 Å². The SMILES string of the molecule is CCCCc1cc(C(=O)OCCC)no1. The molecule has 0 saturated heterocycles. The molecule has 1 aromatic heterocycles. The van der Waals surface area contributed by atoms with Crippen molar-refractivity contribution in [2.45, 2.75) is 39.5 Å². The number of hydrogen-bond acceptors (Lipinski definition) is 4. The molecule has 4 heteroatoms. The Balaban J connectivity index is 2.47. The number of rotatable bonds is 6. The van der Waals surface area contributed by atoms with E-state index in [2.05, 4.69) is 12.1 Å². The molecular weight excluding hydrogens is 194 g/mol. The fourth-order valence-corrected chi connectivity index (χ4v) is 1.15. The third-order valence-electron chi connectivity index (χ3n) is 1.98. The number of esters is 1. The van der Waals surface area contributed by atoms with Crippen LogP contribution >= 0.6 is 0 Å². The standard InChI is InChI=1S/C11H17NO3/c1-3-5-6-9-8-10(12-15-9)11(13)14-7-4-2/h8H,3-7H2,1-2H3. The Morgan fingerprint density at radius 2 is 2.27 bits per heavy atom. The summed E-state index contributed by atoms with van der Waals surface area (Å²) in [6, 6.07) is 1.66. The summed E-state index contributed by atoms with van der Waals surface area (Å²) in [6.07, 6.45) is 3.77. The molecule has 0 aliphatic heterocycles. The molecule has 0 spiro atoms. The van der Waals surface area contributed by atoms with Crippen LogP contribution in [0.1, 0.15) is 49.4 Å². The number of carbonyl (C=O) groups excluding carboxylic acids is 1. The van der Waals surface area contributed by atoms with Crippen LogP contribution in [0.3, 0.4) is 0 Å². The molecule has 0 saturated carbocycles. The molecule has 0 aliphatic carbocycles. The van der Waals surface area contributed by atoms with Gasteiger partial charge in [0.15, 0.2) is 5.69 Å². The molecule has 0 amide bonds. The van der Waals surface area contributed by atoms with Crippen molar-refractivity contribution in [3.63, 3.8) is 0 Å². The predicted octanol–water partition coefficient (Wildman–Crippen LogP) is 2.58. The van der Waals surface area contributed by atoms with Crippen LogP contribution in [0, 0.1) is 0 Å². The van der Waals surface area contributed by atoms with Gasteiger partial charge in [0.25, 0.3) is 0 Å². The van der Waals surface area contributed by atoms with Gasteiger partial charge in [0.1, 0.15) is 5.76 Å². The molecule has 0 bridgehead atoms. The van der Waals surface area contributed by atoms with Crippen molar-refractivity contribution in [2.24, 2.45) is 0 Å². The first-order valence-electron chi connectivity index (χ1n) is 5.40. The van der Waals surface area contributed by atoms with Crippen molar-refractivity contribution in [1.29, 1.82) is 0 Å². The number of nitrogens with zero attached hydrogens (tertiary/aromatic N) is 1. The van der Waals surface area contributed by atoms with Gasteiger partial charge in [-0.3, -0.25) is 0 Å². The van der Waals surface area contributed by atoms with Crippen molar-refractivity contribution in [1.82, 2.24) is 5.16 Å². The lowest BCUT2D eigenvalue weighted by Gasteiger charge is -1.97. The van der Waals surface area contributed by atoms with Crippen LogP contribution in [0.5, 0.6) is 0 Å². The molecule has 15 heavy (non-hydrogen) atoms. The highest BCUT2D eigenvalue weighted by atomic mass is 16.5. The summed E-state index contributed by atoms with van der Waals surface area (Å²) in [6.45, 7) is 4.48. The minimum absolute atomic E-state index is 0.273. The van der Waals surface area contributed by atoms with Gasteiger partial charge in [0.05, 0.1) is 6.61 Å². The van der Waals surface area contributed by atoms with Crippen LogP contribution in [0.4, 0.5) is 0 Å². The Morgan fingerprint density at radius 1 is 1.47 bits per heavy atom. The predicted molar refractivity (Wildman–Crippen MR) is 55.7 cm³/mol. The minimum Gasteiger partial charge on any atom is -0.461 e. The molecule has 4 nitrogen and oxygen atoms in total. The van der Waals surface area contributed by atoms with E-state index in [1.165, 1.54) is 0 Å². The van der Waals surface area contributed by atoms with Gasteiger partial charge in [-0.1, -0.05) is 25.4 Å². The lowest BCUT2D eigenvalue weighted by atomic mass is 10.2. The maximum atomic E-state index is 11.3. The topological polar surface area (TPSA) is 52.3 Å². The minimum atomic E-state index is -0.400. The van der Waals surface area contributed by atoms with Gasteiger partial charge in [-0.05, 0) is 12.8 Å². The molecule has 0 radical (unpaired) electrons. The molecule has 0 N–H and O–H groups in total. The average molecular weight is 211 g/mol. The number of ether oxygens (including phenoxy) is 1. The normalized spacial score (nSPS) is 10.3. The van der Waals surface area contributed by atoms with E-state index >= 15 is 0 Å². The number of aryl methyl sites for hydroxylation is 1. The molecule has 0 fully saturated rings. The highest BCUT2D eigenvalue weighted by Crippen LogP contribution is 2.08. The monoisotopic (exact) mass is 211 g/mol. The van der Waals surface area contributed by atoms with E-state index in [1.54, 1.807) is 6.07 Å². The maximum absolute atomic E-state index is 11.3. The average Bonchev–Trinajstić information content (AvgIpc) is 2.71. The van der Waals surface area contributed by atoms with Gasteiger partial charge in [-0.2, -0.15) is 0 Å². The van der Waals surface area contributed by atoms with Crippen LogP contribution in [-0.2, 0) is 11.2 Å². The van der Waals surface area contributed by atoms with Gasteiger partial charge in [0, 0.05) is 12.5 Å². The molecule has 1 heterocycles. The third kappa shape index (κ3) is 3.73. The van der Waals surface area contributed by atoms with Crippen molar-refractivity contribution < 1.29 is 14.1 Å². The second-order valence-electron chi connectivity index (χ2n) is 3.42. The molecule has 0 unspecified atom stereocenters. The van der Waals surface area contributed by atoms with E-state index < -0.39 is 5.97 Å². The Kier molecular flexibility index (Phi) is 4.87. The zero-order valence-corrected chi connectivity index (χ0v) is 9.28. The van der Waals surface area contributed by atoms with Crippen LogP contribution in [0.15, 0.2) is 10.6 Å². The molecule has 0 aliphatic rings. The molecular formula is C11H17NO3. The first-order chi connectivity index (χ1) is 7.27. The quantitative estimate of drug-likeness (QED) is 0.678. The smallest absolute Gasteiger partial charge is 0.360 e. The second-order valence-corrected chi connectivity index (χ2v) is 3.42. The van der Waals surface area contributed by atoms with E-state index in [0.717, 1.165) is 31.4 Å². The van der Waals surface area contributed by atoms with Crippen LogP contribution in [0.25, 0.3) is 0 Å². The first-order valence-corrected chi connectivity index (χ1v) is 5.40. The summed E-state index contributed by atoms with van der Waals surface area (Å²) >= 11 is 0. The van der Waals surface area contributed by atoms with Gasteiger partial charge >= 0.3 is 5.97 Å². The van der Waals surface area contributed by atoms with E-state index in [9.17, 15) is 4.79 Å². The summed E-state index contributed by atoms with van der Waals surface area (Å²) in [5.74, 6) is 0.351. The zero-order valence-electron chi connectivity index (χ0n) is 9.28. The lowest BCUT2D eigenvalue weighted by Crippen LogP contribution is -2.05. The highest BCUT2D eigenvalue weighted by molar-refractivity contribution is 5.87. The van der Waals surface area contributed by atoms with Crippen LogP contribution in [-0.4, -0.2) is 17.7 Å². The summed E-state index contributed by atoms with van der Waals surface area (Å²) in [5, 5.41) is 3.67. The Labute approximate surface area is 89.6 Å².